The van der Waals surface area contributed by atoms with Gasteiger partial charge in [-0.15, -0.1) is 11.3 Å². The number of benzene rings is 2. The molecule has 6 heteroatoms. The van der Waals surface area contributed by atoms with Crippen LogP contribution in [0.25, 0.3) is 21.2 Å². The topological polar surface area (TPSA) is 55.8 Å². The van der Waals surface area contributed by atoms with Crippen molar-refractivity contribution in [2.75, 3.05) is 14.2 Å². The lowest BCUT2D eigenvalue weighted by molar-refractivity contribution is 0.0703. The first-order valence-corrected chi connectivity index (χ1v) is 7.93. The molecule has 3 aromatic rings. The van der Waals surface area contributed by atoms with Gasteiger partial charge in [0.2, 0.25) is 0 Å². The van der Waals surface area contributed by atoms with Crippen molar-refractivity contribution in [2.24, 2.45) is 0 Å². The average Bonchev–Trinajstić information content (AvgIpc) is 2.92. The Morgan fingerprint density at radius 1 is 1.13 bits per heavy atom. The van der Waals surface area contributed by atoms with Gasteiger partial charge in [0.05, 0.1) is 14.2 Å². The number of halogens is 1. The molecule has 0 spiro atoms. The third-order valence-corrected chi connectivity index (χ3v) is 5.00. The Labute approximate surface area is 141 Å². The minimum absolute atomic E-state index is 0.239. The molecule has 3 rings (SSSR count). The highest BCUT2D eigenvalue weighted by atomic mass is 35.5. The van der Waals surface area contributed by atoms with Crippen molar-refractivity contribution in [3.63, 3.8) is 0 Å². The number of carbonyl (C=O) groups is 1. The van der Waals surface area contributed by atoms with Crippen LogP contribution in [0.2, 0.25) is 5.02 Å². The van der Waals surface area contributed by atoms with Gasteiger partial charge in [0.15, 0.2) is 11.5 Å². The van der Waals surface area contributed by atoms with Crippen molar-refractivity contribution >= 4 is 39.0 Å². The Morgan fingerprint density at radius 3 is 2.39 bits per heavy atom. The fraction of sp³-hybridized carbons (Fsp3) is 0.118. The predicted octanol–water partition coefficient (Wildman–Crippen LogP) is 4.94. The van der Waals surface area contributed by atoms with E-state index >= 15 is 0 Å². The molecule has 0 atom stereocenters. The average molecular weight is 349 g/mol. The molecule has 1 aromatic heterocycles. The number of rotatable bonds is 4. The fourth-order valence-corrected chi connectivity index (χ4v) is 3.80. The summed E-state index contributed by atoms with van der Waals surface area (Å²) in [5.41, 5.74) is 1.29. The molecule has 0 unspecified atom stereocenters. The van der Waals surface area contributed by atoms with E-state index < -0.39 is 5.97 Å². The molecule has 1 heterocycles. The van der Waals surface area contributed by atoms with Crippen LogP contribution in [0, 0.1) is 0 Å². The normalized spacial score (nSPS) is 10.7. The van der Waals surface area contributed by atoms with Crippen LogP contribution < -0.4 is 9.47 Å². The van der Waals surface area contributed by atoms with Crippen molar-refractivity contribution in [2.45, 2.75) is 0 Å². The van der Waals surface area contributed by atoms with E-state index in [1.54, 1.807) is 32.4 Å². The molecule has 0 saturated carbocycles. The smallest absolute Gasteiger partial charge is 0.346 e. The van der Waals surface area contributed by atoms with Crippen molar-refractivity contribution < 1.29 is 19.4 Å². The van der Waals surface area contributed by atoms with E-state index in [0.717, 1.165) is 10.1 Å². The van der Waals surface area contributed by atoms with Gasteiger partial charge in [0.25, 0.3) is 0 Å². The Morgan fingerprint density at radius 2 is 1.78 bits per heavy atom. The molecule has 0 aliphatic rings. The van der Waals surface area contributed by atoms with E-state index in [1.807, 2.05) is 18.2 Å². The van der Waals surface area contributed by atoms with E-state index in [0.29, 0.717) is 27.6 Å². The van der Waals surface area contributed by atoms with Crippen molar-refractivity contribution in [1.29, 1.82) is 0 Å². The highest BCUT2D eigenvalue weighted by molar-refractivity contribution is 7.21. The number of ether oxygens (including phenoxy) is 2. The third kappa shape index (κ3) is 2.62. The zero-order valence-electron chi connectivity index (χ0n) is 12.4. The first-order chi connectivity index (χ1) is 11.1. The van der Waals surface area contributed by atoms with Gasteiger partial charge in [-0.3, -0.25) is 0 Å². The van der Waals surface area contributed by atoms with E-state index in [2.05, 4.69) is 0 Å². The predicted molar refractivity (Wildman–Crippen MR) is 92.3 cm³/mol. The van der Waals surface area contributed by atoms with Gasteiger partial charge >= 0.3 is 5.97 Å². The Bertz CT molecular complexity index is 901. The molecule has 0 bridgehead atoms. The number of thiophene rings is 1. The molecular formula is C17H13ClO4S. The maximum atomic E-state index is 11.7. The number of aromatic carboxylic acids is 1. The zero-order valence-corrected chi connectivity index (χ0v) is 14.0. The highest BCUT2D eigenvalue weighted by Gasteiger charge is 2.22. The summed E-state index contributed by atoms with van der Waals surface area (Å²) in [5, 5.41) is 10.9. The Hall–Kier alpha value is -2.24. The summed E-state index contributed by atoms with van der Waals surface area (Å²) >= 11 is 7.47. The summed E-state index contributed by atoms with van der Waals surface area (Å²) in [6, 6.07) is 10.8. The molecule has 4 nitrogen and oxygen atoms in total. The van der Waals surface area contributed by atoms with Gasteiger partial charge < -0.3 is 14.6 Å². The van der Waals surface area contributed by atoms with Crippen LogP contribution in [0.1, 0.15) is 9.67 Å². The lowest BCUT2D eigenvalue weighted by atomic mass is 10.0. The van der Waals surface area contributed by atoms with E-state index in [1.165, 1.54) is 11.3 Å². The zero-order chi connectivity index (χ0) is 16.6. The number of hydrogen-bond donors (Lipinski definition) is 1. The largest absolute Gasteiger partial charge is 0.493 e. The molecule has 0 radical (unpaired) electrons. The maximum absolute atomic E-state index is 11.7. The molecular weight excluding hydrogens is 336 g/mol. The van der Waals surface area contributed by atoms with Crippen LogP contribution in [-0.2, 0) is 0 Å². The fourth-order valence-electron chi connectivity index (χ4n) is 2.51. The van der Waals surface area contributed by atoms with Gasteiger partial charge in [-0.1, -0.05) is 29.8 Å². The van der Waals surface area contributed by atoms with Crippen LogP contribution in [0.15, 0.2) is 36.4 Å². The van der Waals surface area contributed by atoms with Gasteiger partial charge in [-0.25, -0.2) is 4.79 Å². The molecule has 23 heavy (non-hydrogen) atoms. The van der Waals surface area contributed by atoms with Crippen LogP contribution in [0.5, 0.6) is 11.5 Å². The highest BCUT2D eigenvalue weighted by Crippen LogP contribution is 2.45. The number of carboxylic acids is 1. The van der Waals surface area contributed by atoms with Crippen molar-refractivity contribution in [1.82, 2.24) is 0 Å². The lowest BCUT2D eigenvalue weighted by Crippen LogP contribution is -1.95. The number of methoxy groups -OCH3 is 2. The standard InChI is InChI=1S/C17H13ClO4S/c1-21-12-7-10-14(8-13(12)22-2)23-16(17(19)20)15(10)9-5-3-4-6-11(9)18/h3-8H,1-2H3,(H,19,20). The minimum atomic E-state index is -0.987. The van der Waals surface area contributed by atoms with Crippen molar-refractivity contribution in [3.8, 4) is 22.6 Å². The second kappa shape index (κ2) is 6.10. The Kier molecular flexibility index (Phi) is 4.15. The number of hydrogen-bond acceptors (Lipinski definition) is 4. The number of carboxylic acid groups (broad SMARTS) is 1. The molecule has 2 aromatic carbocycles. The SMILES string of the molecule is COc1cc2sc(C(=O)O)c(-c3ccccc3Cl)c2cc1OC. The summed E-state index contributed by atoms with van der Waals surface area (Å²) in [5.74, 6) is 0.117. The van der Waals surface area contributed by atoms with E-state index in [9.17, 15) is 9.90 Å². The summed E-state index contributed by atoms with van der Waals surface area (Å²) in [4.78, 5) is 11.9. The van der Waals surface area contributed by atoms with Crippen LogP contribution in [0.4, 0.5) is 0 Å². The van der Waals surface area contributed by atoms with E-state index in [-0.39, 0.29) is 4.88 Å². The first kappa shape index (κ1) is 15.6. The number of fused-ring (bicyclic) bond motifs is 1. The summed E-state index contributed by atoms with van der Waals surface area (Å²) in [6.07, 6.45) is 0. The summed E-state index contributed by atoms with van der Waals surface area (Å²) in [7, 11) is 3.09. The van der Waals surface area contributed by atoms with Gasteiger partial charge in [-0.05, 0) is 12.1 Å². The monoisotopic (exact) mass is 348 g/mol. The van der Waals surface area contributed by atoms with Crippen LogP contribution >= 0.6 is 22.9 Å². The molecule has 118 valence electrons. The molecule has 0 fully saturated rings. The maximum Gasteiger partial charge on any atom is 0.346 e. The first-order valence-electron chi connectivity index (χ1n) is 6.73. The van der Waals surface area contributed by atoms with E-state index in [4.69, 9.17) is 21.1 Å². The van der Waals surface area contributed by atoms with Gasteiger partial charge in [-0.2, -0.15) is 0 Å². The van der Waals surface area contributed by atoms with Crippen molar-refractivity contribution in [3.05, 3.63) is 46.3 Å². The molecule has 0 aliphatic heterocycles. The molecule has 0 saturated heterocycles. The second-order valence-electron chi connectivity index (χ2n) is 4.79. The lowest BCUT2D eigenvalue weighted by Gasteiger charge is -2.09. The summed E-state index contributed by atoms with van der Waals surface area (Å²) in [6.45, 7) is 0. The molecule has 0 aliphatic carbocycles. The summed E-state index contributed by atoms with van der Waals surface area (Å²) < 4.78 is 11.4. The van der Waals surface area contributed by atoms with Gasteiger partial charge in [0.1, 0.15) is 4.88 Å². The molecule has 1 N–H and O–H groups in total. The van der Waals surface area contributed by atoms with Gasteiger partial charge in [0, 0.05) is 32.3 Å². The quantitative estimate of drug-likeness (QED) is 0.725. The Balaban J connectivity index is 2.41. The second-order valence-corrected chi connectivity index (χ2v) is 6.25. The minimum Gasteiger partial charge on any atom is -0.493 e. The third-order valence-electron chi connectivity index (χ3n) is 3.53. The van der Waals surface area contributed by atoms with Crippen LogP contribution in [-0.4, -0.2) is 25.3 Å². The van der Waals surface area contributed by atoms with Crippen LogP contribution in [0.3, 0.4) is 0 Å². The molecule has 0 amide bonds.